The van der Waals surface area contributed by atoms with Crippen LogP contribution in [0.4, 0.5) is 0 Å². The molecule has 0 unspecified atom stereocenters. The first-order chi connectivity index (χ1) is 5.70. The Balaban J connectivity index is 3.45. The molecular weight excluding hydrogens is 160 g/mol. The fourth-order valence-electron chi connectivity index (χ4n) is 0.375. The standard InChI is InChI=1S/C8H9O4/c1-3-5-11-8(10)6-12-7(9)4-2/h1H,2,4-6H2. The molecule has 0 spiro atoms. The van der Waals surface area contributed by atoms with E-state index in [9.17, 15) is 9.59 Å². The molecule has 4 heteroatoms. The zero-order valence-corrected chi connectivity index (χ0v) is 6.54. The molecule has 0 rings (SSSR count). The summed E-state index contributed by atoms with van der Waals surface area (Å²) < 4.78 is 8.82. The molecule has 0 N–H and O–H groups in total. The van der Waals surface area contributed by atoms with Crippen molar-refractivity contribution in [2.75, 3.05) is 13.2 Å². The Labute approximate surface area is 70.8 Å². The van der Waals surface area contributed by atoms with Gasteiger partial charge in [-0.25, -0.2) is 4.79 Å². The topological polar surface area (TPSA) is 52.6 Å². The van der Waals surface area contributed by atoms with Gasteiger partial charge in [0.15, 0.2) is 13.2 Å². The van der Waals surface area contributed by atoms with E-state index < -0.39 is 18.5 Å². The quantitative estimate of drug-likeness (QED) is 0.436. The van der Waals surface area contributed by atoms with Gasteiger partial charge in [-0.2, -0.15) is 0 Å². The highest BCUT2D eigenvalue weighted by Gasteiger charge is 2.05. The third-order valence-electron chi connectivity index (χ3n) is 0.872. The van der Waals surface area contributed by atoms with E-state index in [4.69, 9.17) is 6.42 Å². The first kappa shape index (κ1) is 10.5. The number of terminal acetylenes is 1. The summed E-state index contributed by atoms with van der Waals surface area (Å²) in [5, 5.41) is 0. The Kier molecular flexibility index (Phi) is 5.45. The van der Waals surface area contributed by atoms with Crippen LogP contribution in [0.15, 0.2) is 0 Å². The second-order valence-electron chi connectivity index (χ2n) is 1.78. The fourth-order valence-corrected chi connectivity index (χ4v) is 0.375. The van der Waals surface area contributed by atoms with Crippen LogP contribution in [0.25, 0.3) is 0 Å². The van der Waals surface area contributed by atoms with Crippen LogP contribution in [0.5, 0.6) is 0 Å². The third kappa shape index (κ3) is 5.30. The molecule has 0 aromatic carbocycles. The zero-order valence-electron chi connectivity index (χ0n) is 6.54. The van der Waals surface area contributed by atoms with Gasteiger partial charge in [-0.3, -0.25) is 4.79 Å². The monoisotopic (exact) mass is 169 g/mol. The number of carbonyl (C=O) groups excluding carboxylic acids is 2. The number of hydrogen-bond donors (Lipinski definition) is 0. The largest absolute Gasteiger partial charge is 0.454 e. The Morgan fingerprint density at radius 3 is 2.50 bits per heavy atom. The molecule has 0 atom stereocenters. The van der Waals surface area contributed by atoms with E-state index in [1.165, 1.54) is 0 Å². The predicted octanol–water partition coefficient (Wildman–Crippen LogP) is -0.0698. The summed E-state index contributed by atoms with van der Waals surface area (Å²) in [6, 6.07) is 0. The average molecular weight is 169 g/mol. The minimum absolute atomic E-state index is 0.0115. The van der Waals surface area contributed by atoms with Crippen molar-refractivity contribution in [2.24, 2.45) is 0 Å². The molecule has 0 fully saturated rings. The Morgan fingerprint density at radius 1 is 1.33 bits per heavy atom. The minimum atomic E-state index is -0.658. The predicted molar refractivity (Wildman–Crippen MR) is 40.7 cm³/mol. The maximum atomic E-state index is 10.6. The molecule has 0 aliphatic heterocycles. The van der Waals surface area contributed by atoms with Crippen molar-refractivity contribution in [2.45, 2.75) is 6.42 Å². The summed E-state index contributed by atoms with van der Waals surface area (Å²) >= 11 is 0. The lowest BCUT2D eigenvalue weighted by Gasteiger charge is -2.01. The molecule has 0 saturated carbocycles. The molecule has 12 heavy (non-hydrogen) atoms. The molecule has 0 aromatic heterocycles. The minimum Gasteiger partial charge on any atom is -0.454 e. The highest BCUT2D eigenvalue weighted by atomic mass is 16.6. The zero-order chi connectivity index (χ0) is 9.40. The normalized spacial score (nSPS) is 8.33. The van der Waals surface area contributed by atoms with Crippen LogP contribution in [0.2, 0.25) is 0 Å². The molecule has 0 aliphatic carbocycles. The Hall–Kier alpha value is -1.50. The van der Waals surface area contributed by atoms with Gasteiger partial charge in [0.2, 0.25) is 0 Å². The number of carbonyl (C=O) groups is 2. The van der Waals surface area contributed by atoms with Gasteiger partial charge < -0.3 is 9.47 Å². The second kappa shape index (κ2) is 6.23. The Bertz CT molecular complexity index is 202. The van der Waals surface area contributed by atoms with Gasteiger partial charge in [0.1, 0.15) is 0 Å². The van der Waals surface area contributed by atoms with Crippen molar-refractivity contribution in [1.29, 1.82) is 0 Å². The number of esters is 2. The highest BCUT2D eigenvalue weighted by molar-refractivity contribution is 5.76. The van der Waals surface area contributed by atoms with Gasteiger partial charge in [0.25, 0.3) is 0 Å². The molecular formula is C8H9O4. The van der Waals surface area contributed by atoms with Gasteiger partial charge in [0.05, 0.1) is 0 Å². The summed E-state index contributed by atoms with van der Waals surface area (Å²) in [6.07, 6.45) is 4.80. The van der Waals surface area contributed by atoms with Crippen molar-refractivity contribution in [3.63, 3.8) is 0 Å². The van der Waals surface area contributed by atoms with Crippen molar-refractivity contribution in [3.05, 3.63) is 6.92 Å². The van der Waals surface area contributed by atoms with Gasteiger partial charge >= 0.3 is 11.9 Å². The van der Waals surface area contributed by atoms with E-state index in [0.717, 1.165) is 0 Å². The smallest absolute Gasteiger partial charge is 0.345 e. The molecule has 0 aromatic rings. The van der Waals surface area contributed by atoms with Crippen LogP contribution in [0.1, 0.15) is 6.42 Å². The van der Waals surface area contributed by atoms with Crippen molar-refractivity contribution >= 4 is 11.9 Å². The molecule has 1 radical (unpaired) electrons. The summed E-state index contributed by atoms with van der Waals surface area (Å²) in [6.45, 7) is 2.75. The van der Waals surface area contributed by atoms with Crippen LogP contribution < -0.4 is 0 Å². The summed E-state index contributed by atoms with van der Waals surface area (Å²) in [4.78, 5) is 21.1. The maximum absolute atomic E-state index is 10.6. The molecule has 0 bridgehead atoms. The van der Waals surface area contributed by atoms with Crippen molar-refractivity contribution < 1.29 is 19.1 Å². The summed E-state index contributed by atoms with van der Waals surface area (Å²) in [7, 11) is 0. The molecule has 65 valence electrons. The SMILES string of the molecule is C#CCOC(=O)COC(=O)C[CH2]. The molecule has 0 amide bonds. The summed E-state index contributed by atoms with van der Waals surface area (Å²) in [5.74, 6) is 0.898. The third-order valence-corrected chi connectivity index (χ3v) is 0.872. The molecule has 0 aliphatic rings. The van der Waals surface area contributed by atoms with Gasteiger partial charge in [-0.05, 0) is 6.92 Å². The van der Waals surface area contributed by atoms with Crippen LogP contribution in [0.3, 0.4) is 0 Å². The lowest BCUT2D eigenvalue weighted by molar-refractivity contribution is -0.157. The van der Waals surface area contributed by atoms with Crippen LogP contribution in [-0.2, 0) is 19.1 Å². The number of ether oxygens (including phenoxy) is 2. The highest BCUT2D eigenvalue weighted by Crippen LogP contribution is 1.85. The fraction of sp³-hybridized carbons (Fsp3) is 0.375. The Morgan fingerprint density at radius 2 is 2.00 bits per heavy atom. The van der Waals surface area contributed by atoms with Gasteiger partial charge in [0, 0.05) is 6.42 Å². The van der Waals surface area contributed by atoms with E-state index in [1.54, 1.807) is 0 Å². The molecule has 0 saturated heterocycles. The van der Waals surface area contributed by atoms with Crippen molar-refractivity contribution in [1.82, 2.24) is 0 Å². The average Bonchev–Trinajstić information content (AvgIpc) is 2.10. The van der Waals surface area contributed by atoms with Gasteiger partial charge in [-0.1, -0.05) is 5.92 Å². The first-order valence-electron chi connectivity index (χ1n) is 3.24. The van der Waals surface area contributed by atoms with Gasteiger partial charge in [-0.15, -0.1) is 6.42 Å². The molecule has 0 heterocycles. The van der Waals surface area contributed by atoms with Crippen LogP contribution >= 0.6 is 0 Å². The first-order valence-corrected chi connectivity index (χ1v) is 3.24. The van der Waals surface area contributed by atoms with Crippen LogP contribution in [-0.4, -0.2) is 25.2 Å². The molecule has 4 nitrogen and oxygen atoms in total. The summed E-state index contributed by atoms with van der Waals surface area (Å²) in [5.41, 5.74) is 0. The lowest BCUT2D eigenvalue weighted by atomic mass is 10.5. The number of rotatable bonds is 4. The van der Waals surface area contributed by atoms with E-state index in [0.29, 0.717) is 0 Å². The number of hydrogen-bond acceptors (Lipinski definition) is 4. The second-order valence-corrected chi connectivity index (χ2v) is 1.78. The van der Waals surface area contributed by atoms with Crippen molar-refractivity contribution in [3.8, 4) is 12.3 Å². The lowest BCUT2D eigenvalue weighted by Crippen LogP contribution is -2.15. The van der Waals surface area contributed by atoms with E-state index >= 15 is 0 Å². The van der Waals surface area contributed by atoms with Crippen LogP contribution in [0, 0.1) is 19.3 Å². The van der Waals surface area contributed by atoms with E-state index in [1.807, 2.05) is 0 Å². The maximum Gasteiger partial charge on any atom is 0.345 e. The van der Waals surface area contributed by atoms with E-state index in [-0.39, 0.29) is 13.0 Å². The van der Waals surface area contributed by atoms with E-state index in [2.05, 4.69) is 22.3 Å².